The number of urea groups is 1. The van der Waals surface area contributed by atoms with Crippen molar-refractivity contribution in [2.75, 3.05) is 31.5 Å². The van der Waals surface area contributed by atoms with Crippen molar-refractivity contribution >= 4 is 34.4 Å². The number of anilines is 1. The van der Waals surface area contributed by atoms with E-state index in [4.69, 9.17) is 10.5 Å². The average molecular weight is 519 g/mol. The fourth-order valence-corrected chi connectivity index (χ4v) is 4.70. The van der Waals surface area contributed by atoms with Crippen molar-refractivity contribution in [2.45, 2.75) is 51.2 Å². The van der Waals surface area contributed by atoms with Crippen molar-refractivity contribution in [3.05, 3.63) is 40.7 Å². The van der Waals surface area contributed by atoms with Crippen molar-refractivity contribution in [3.8, 4) is 5.88 Å². The molecular weight excluding hydrogens is 487 g/mol. The molecule has 194 valence electrons. The third-order valence-corrected chi connectivity index (χ3v) is 6.85. The summed E-state index contributed by atoms with van der Waals surface area (Å²) in [5.74, 6) is -1.78. The average Bonchev–Trinajstić information content (AvgIpc) is 3.33. The Morgan fingerprint density at radius 1 is 1.19 bits per heavy atom. The smallest absolute Gasteiger partial charge is 0.319 e. The van der Waals surface area contributed by atoms with Crippen molar-refractivity contribution in [1.82, 2.24) is 19.9 Å². The first-order valence-corrected chi connectivity index (χ1v) is 13.0. The maximum Gasteiger partial charge on any atom is 0.319 e. The highest BCUT2D eigenvalue weighted by molar-refractivity contribution is 7.11. The van der Waals surface area contributed by atoms with Gasteiger partial charge in [0.05, 0.1) is 0 Å². The number of nitrogens with one attached hydrogen (secondary N) is 3. The maximum atomic E-state index is 14.3. The van der Waals surface area contributed by atoms with E-state index in [-0.39, 0.29) is 40.6 Å². The predicted molar refractivity (Wildman–Crippen MR) is 134 cm³/mol. The third kappa shape index (κ3) is 7.14. The van der Waals surface area contributed by atoms with E-state index in [1.54, 1.807) is 0 Å². The molecule has 0 spiro atoms. The van der Waals surface area contributed by atoms with Gasteiger partial charge in [-0.1, -0.05) is 0 Å². The highest BCUT2D eigenvalue weighted by atomic mass is 32.1. The topological polar surface area (TPSA) is 139 Å². The number of benzene rings is 1. The van der Waals surface area contributed by atoms with E-state index in [9.17, 15) is 18.8 Å². The summed E-state index contributed by atoms with van der Waals surface area (Å²) < 4.78 is 23.9. The van der Waals surface area contributed by atoms with Crippen LogP contribution in [0, 0.1) is 5.82 Å². The second-order valence-corrected chi connectivity index (χ2v) is 9.81. The van der Waals surface area contributed by atoms with Crippen molar-refractivity contribution in [2.24, 2.45) is 5.73 Å². The number of likely N-dealkylation sites (tertiary alicyclic amines) is 1. The first-order valence-electron chi connectivity index (χ1n) is 12.2. The van der Waals surface area contributed by atoms with Crippen molar-refractivity contribution in [1.29, 1.82) is 0 Å². The summed E-state index contributed by atoms with van der Waals surface area (Å²) in [6.07, 6.45) is 6.22. The molecule has 0 bridgehead atoms. The molecule has 2 fully saturated rings. The van der Waals surface area contributed by atoms with Gasteiger partial charge in [-0.3, -0.25) is 14.9 Å². The van der Waals surface area contributed by atoms with Gasteiger partial charge in [0.25, 0.3) is 11.8 Å². The van der Waals surface area contributed by atoms with Crippen LogP contribution >= 0.6 is 11.5 Å². The van der Waals surface area contributed by atoms with Gasteiger partial charge in [-0.2, -0.15) is 4.37 Å². The van der Waals surface area contributed by atoms with Gasteiger partial charge in [0.15, 0.2) is 0 Å². The number of aromatic nitrogens is 1. The summed E-state index contributed by atoms with van der Waals surface area (Å²) in [6.45, 7) is 3.54. The number of hydrogen-bond donors (Lipinski definition) is 4. The van der Waals surface area contributed by atoms with Gasteiger partial charge in [0, 0.05) is 23.7 Å². The van der Waals surface area contributed by atoms with E-state index in [1.807, 2.05) is 0 Å². The van der Waals surface area contributed by atoms with Gasteiger partial charge >= 0.3 is 6.03 Å². The van der Waals surface area contributed by atoms with Crippen molar-refractivity contribution < 1.29 is 23.5 Å². The summed E-state index contributed by atoms with van der Waals surface area (Å²) in [5, 5.41) is 8.34. The van der Waals surface area contributed by atoms with Crippen LogP contribution in [0.5, 0.6) is 5.88 Å². The fourth-order valence-electron chi connectivity index (χ4n) is 3.96. The van der Waals surface area contributed by atoms with Crippen LogP contribution in [0.4, 0.5) is 14.2 Å². The molecule has 4 amide bonds. The molecule has 1 aliphatic carbocycles. The fraction of sp³-hybridized carbons (Fsp3) is 0.500. The number of rotatable bonds is 12. The molecule has 2 heterocycles. The Kier molecular flexibility index (Phi) is 8.70. The highest BCUT2D eigenvalue weighted by Crippen LogP contribution is 2.31. The molecule has 0 atom stereocenters. The van der Waals surface area contributed by atoms with Crippen LogP contribution in [-0.2, 0) is 6.61 Å². The standard InChI is InChI=1S/C24H31FN6O4S/c25-18-8-5-15(21(33)28-17-6-7-17)13-16(18)14-35-22-19(20(26)32)23(36-30-22)29-24(34)27-9-1-2-10-31-11-3-4-12-31/h5,8,13,17H,1-4,6-7,9-12,14H2,(H2,26,32)(H,28,33)(H2,27,29,34). The van der Waals surface area contributed by atoms with Crippen LogP contribution in [0.1, 0.15) is 64.8 Å². The largest absolute Gasteiger partial charge is 0.471 e. The molecule has 10 nitrogen and oxygen atoms in total. The normalized spacial score (nSPS) is 15.5. The SMILES string of the molecule is NC(=O)c1c(OCc2cc(C(=O)NC3CC3)ccc2F)nsc1NC(=O)NCCCCN1CCCC1. The Labute approximate surface area is 212 Å². The van der Waals surface area contributed by atoms with Gasteiger partial charge in [-0.25, -0.2) is 9.18 Å². The van der Waals surface area contributed by atoms with Crippen LogP contribution in [-0.4, -0.2) is 59.3 Å². The lowest BCUT2D eigenvalue weighted by Gasteiger charge is -2.14. The quantitative estimate of drug-likeness (QED) is 0.319. The third-order valence-electron chi connectivity index (χ3n) is 6.10. The number of unbranched alkanes of at least 4 members (excludes halogenated alkanes) is 1. The Morgan fingerprint density at radius 3 is 2.69 bits per heavy atom. The first-order chi connectivity index (χ1) is 17.4. The number of amides is 4. The number of nitrogens with zero attached hydrogens (tertiary/aromatic N) is 2. The lowest BCUT2D eigenvalue weighted by Crippen LogP contribution is -2.30. The second-order valence-electron chi connectivity index (χ2n) is 9.04. The summed E-state index contributed by atoms with van der Waals surface area (Å²) in [5.41, 5.74) is 5.85. The van der Waals surface area contributed by atoms with Crippen LogP contribution in [0.25, 0.3) is 0 Å². The van der Waals surface area contributed by atoms with E-state index >= 15 is 0 Å². The Hall–Kier alpha value is -3.25. The number of nitrogens with two attached hydrogens (primary N) is 1. The molecule has 5 N–H and O–H groups in total. The van der Waals surface area contributed by atoms with E-state index in [1.165, 1.54) is 31.0 Å². The van der Waals surface area contributed by atoms with Crippen LogP contribution in [0.15, 0.2) is 18.2 Å². The predicted octanol–water partition coefficient (Wildman–Crippen LogP) is 2.85. The molecule has 12 heteroatoms. The van der Waals surface area contributed by atoms with Crippen LogP contribution in [0.2, 0.25) is 0 Å². The number of halogens is 1. The molecule has 0 radical (unpaired) electrons. The molecule has 2 aliphatic rings. The summed E-state index contributed by atoms with van der Waals surface area (Å²) in [7, 11) is 0. The van der Waals surface area contributed by atoms with E-state index < -0.39 is 17.8 Å². The zero-order chi connectivity index (χ0) is 25.5. The Morgan fingerprint density at radius 2 is 1.97 bits per heavy atom. The van der Waals surface area contributed by atoms with Crippen LogP contribution < -0.4 is 26.4 Å². The molecule has 36 heavy (non-hydrogen) atoms. The van der Waals surface area contributed by atoms with Crippen molar-refractivity contribution in [3.63, 3.8) is 0 Å². The molecule has 1 aliphatic heterocycles. The molecule has 1 saturated carbocycles. The summed E-state index contributed by atoms with van der Waals surface area (Å²) in [6, 6.07) is 3.70. The minimum atomic E-state index is -0.835. The lowest BCUT2D eigenvalue weighted by molar-refractivity contribution is 0.0949. The highest BCUT2D eigenvalue weighted by Gasteiger charge is 2.25. The maximum absolute atomic E-state index is 14.3. The van der Waals surface area contributed by atoms with Crippen LogP contribution in [0.3, 0.4) is 0 Å². The number of carbonyl (C=O) groups excluding carboxylic acids is 3. The molecule has 1 aromatic heterocycles. The van der Waals surface area contributed by atoms with Gasteiger partial charge in [0.1, 0.15) is 23.0 Å². The molecule has 4 rings (SSSR count). The van der Waals surface area contributed by atoms with E-state index in [0.717, 1.165) is 56.9 Å². The molecule has 1 aromatic carbocycles. The second kappa shape index (κ2) is 12.1. The number of hydrogen-bond acceptors (Lipinski definition) is 7. The van der Waals surface area contributed by atoms with E-state index in [2.05, 4.69) is 25.2 Å². The lowest BCUT2D eigenvalue weighted by atomic mass is 10.1. The summed E-state index contributed by atoms with van der Waals surface area (Å²) in [4.78, 5) is 39.0. The number of ether oxygens (including phenoxy) is 1. The minimum absolute atomic E-state index is 0.0905. The monoisotopic (exact) mass is 518 g/mol. The van der Waals surface area contributed by atoms with Gasteiger partial charge in [-0.15, -0.1) is 0 Å². The molecule has 0 unspecified atom stereocenters. The molecular formula is C24H31FN6O4S. The Balaban J connectivity index is 1.29. The van der Waals surface area contributed by atoms with Gasteiger partial charge in [-0.05, 0) is 87.9 Å². The molecule has 2 aromatic rings. The summed E-state index contributed by atoms with van der Waals surface area (Å²) >= 11 is 0.842. The number of carbonyl (C=O) groups is 3. The first kappa shape index (κ1) is 25.8. The zero-order valence-electron chi connectivity index (χ0n) is 20.0. The number of primary amides is 1. The Bertz CT molecular complexity index is 1100. The van der Waals surface area contributed by atoms with E-state index in [0.29, 0.717) is 12.1 Å². The minimum Gasteiger partial charge on any atom is -0.471 e. The molecule has 1 saturated heterocycles. The zero-order valence-corrected chi connectivity index (χ0v) is 20.8. The van der Waals surface area contributed by atoms with Gasteiger partial charge < -0.3 is 26.0 Å². The van der Waals surface area contributed by atoms with Gasteiger partial charge in [0.2, 0.25) is 5.88 Å².